The van der Waals surface area contributed by atoms with E-state index in [0.29, 0.717) is 0 Å². The Kier molecular flexibility index (Phi) is 7.46. The van der Waals surface area contributed by atoms with Gasteiger partial charge in [-0.1, -0.05) is 25.1 Å². The zero-order valence-electron chi connectivity index (χ0n) is 15.8. The molecule has 0 heterocycles. The number of carbonyl (C=O) groups excluding carboxylic acids is 3. The fourth-order valence-corrected chi connectivity index (χ4v) is 3.43. The monoisotopic (exact) mass is 420 g/mol. The number of amides is 1. The lowest BCUT2D eigenvalue weighted by Gasteiger charge is -2.10. The van der Waals surface area contributed by atoms with Crippen LogP contribution in [-0.2, 0) is 24.3 Å². The van der Waals surface area contributed by atoms with Gasteiger partial charge in [0.1, 0.15) is 0 Å². The number of sulfonamides is 1. The summed E-state index contributed by atoms with van der Waals surface area (Å²) in [4.78, 5) is 35.9. The van der Waals surface area contributed by atoms with E-state index in [-0.39, 0.29) is 28.3 Å². The quantitative estimate of drug-likeness (QED) is 0.620. The minimum atomic E-state index is -3.73. The smallest absolute Gasteiger partial charge is 0.339 e. The Morgan fingerprint density at radius 1 is 1.00 bits per heavy atom. The van der Waals surface area contributed by atoms with E-state index in [0.717, 1.165) is 6.07 Å². The van der Waals surface area contributed by atoms with Crippen molar-refractivity contribution < 1.29 is 32.3 Å². The SMILES string of the molecule is CCNS(=O)(=O)c1cccc(C(=O)OCC(=O)Nc2ccccc2C(=O)OC)c1. The number of ether oxygens (including phenoxy) is 2. The molecule has 2 aromatic carbocycles. The molecule has 0 fully saturated rings. The van der Waals surface area contributed by atoms with Crippen LogP contribution in [0.1, 0.15) is 27.6 Å². The van der Waals surface area contributed by atoms with Crippen LogP contribution in [0.5, 0.6) is 0 Å². The van der Waals surface area contributed by atoms with Crippen LogP contribution >= 0.6 is 0 Å². The molecule has 2 rings (SSSR count). The van der Waals surface area contributed by atoms with Crippen LogP contribution in [0, 0.1) is 0 Å². The number of benzene rings is 2. The van der Waals surface area contributed by atoms with Crippen molar-refractivity contribution in [3.63, 3.8) is 0 Å². The van der Waals surface area contributed by atoms with Crippen molar-refractivity contribution in [2.75, 3.05) is 25.6 Å². The Morgan fingerprint density at radius 3 is 2.41 bits per heavy atom. The van der Waals surface area contributed by atoms with Gasteiger partial charge in [-0.2, -0.15) is 0 Å². The summed E-state index contributed by atoms with van der Waals surface area (Å²) in [5, 5.41) is 2.46. The van der Waals surface area contributed by atoms with Gasteiger partial charge in [-0.05, 0) is 30.3 Å². The first-order chi connectivity index (χ1) is 13.8. The Morgan fingerprint density at radius 2 is 1.72 bits per heavy atom. The first kappa shape index (κ1) is 22.1. The molecule has 2 N–H and O–H groups in total. The van der Waals surface area contributed by atoms with Crippen LogP contribution in [0.4, 0.5) is 5.69 Å². The third kappa shape index (κ3) is 5.87. The summed E-state index contributed by atoms with van der Waals surface area (Å²) >= 11 is 0. The highest BCUT2D eigenvalue weighted by Gasteiger charge is 2.18. The van der Waals surface area contributed by atoms with E-state index in [2.05, 4.69) is 14.8 Å². The van der Waals surface area contributed by atoms with Gasteiger partial charge in [0.2, 0.25) is 10.0 Å². The normalized spacial score (nSPS) is 10.8. The molecule has 0 spiro atoms. The molecular weight excluding hydrogens is 400 g/mol. The molecule has 2 aromatic rings. The topological polar surface area (TPSA) is 128 Å². The molecule has 0 bridgehead atoms. The molecule has 154 valence electrons. The molecule has 0 radical (unpaired) electrons. The summed E-state index contributed by atoms with van der Waals surface area (Å²) in [7, 11) is -2.52. The van der Waals surface area contributed by atoms with Gasteiger partial charge in [-0.25, -0.2) is 22.7 Å². The highest BCUT2D eigenvalue weighted by atomic mass is 32.2. The van der Waals surface area contributed by atoms with Gasteiger partial charge in [0.25, 0.3) is 5.91 Å². The van der Waals surface area contributed by atoms with Gasteiger partial charge in [0.05, 0.1) is 28.8 Å². The molecule has 0 atom stereocenters. The first-order valence-corrected chi connectivity index (χ1v) is 10.0. The Labute approximate surface area is 168 Å². The number of esters is 2. The van der Waals surface area contributed by atoms with Crippen molar-refractivity contribution >= 4 is 33.6 Å². The standard InChI is InChI=1S/C19H20N2O7S/c1-3-20-29(25,26)14-8-6-7-13(11-14)18(23)28-12-17(22)21-16-10-5-4-9-15(16)19(24)27-2/h4-11,20H,3,12H2,1-2H3,(H,21,22). The summed E-state index contributed by atoms with van der Waals surface area (Å²) in [6.07, 6.45) is 0. The van der Waals surface area contributed by atoms with E-state index < -0.39 is 34.5 Å². The van der Waals surface area contributed by atoms with Crippen LogP contribution in [0.2, 0.25) is 0 Å². The fourth-order valence-electron chi connectivity index (χ4n) is 2.34. The van der Waals surface area contributed by atoms with Crippen LogP contribution in [0.15, 0.2) is 53.4 Å². The van der Waals surface area contributed by atoms with Gasteiger partial charge in [0, 0.05) is 6.54 Å². The number of rotatable bonds is 8. The average molecular weight is 420 g/mol. The third-order valence-electron chi connectivity index (χ3n) is 3.66. The van der Waals surface area contributed by atoms with Gasteiger partial charge in [-0.3, -0.25) is 4.79 Å². The summed E-state index contributed by atoms with van der Waals surface area (Å²) < 4.78 is 35.9. The molecule has 0 saturated heterocycles. The molecule has 0 aliphatic carbocycles. The maximum Gasteiger partial charge on any atom is 0.339 e. The van der Waals surface area contributed by atoms with E-state index >= 15 is 0 Å². The maximum atomic E-state index is 12.2. The zero-order chi connectivity index (χ0) is 21.4. The van der Waals surface area contributed by atoms with Crippen molar-refractivity contribution in [3.05, 3.63) is 59.7 Å². The van der Waals surface area contributed by atoms with Gasteiger partial charge < -0.3 is 14.8 Å². The molecule has 1 amide bonds. The number of anilines is 1. The molecule has 29 heavy (non-hydrogen) atoms. The first-order valence-electron chi connectivity index (χ1n) is 8.52. The number of nitrogens with one attached hydrogen (secondary N) is 2. The molecule has 0 unspecified atom stereocenters. The van der Waals surface area contributed by atoms with Crippen LogP contribution in [0.25, 0.3) is 0 Å². The number of para-hydroxylation sites is 1. The van der Waals surface area contributed by atoms with Crippen LogP contribution < -0.4 is 10.0 Å². The van der Waals surface area contributed by atoms with Gasteiger partial charge >= 0.3 is 11.9 Å². The fraction of sp³-hybridized carbons (Fsp3) is 0.211. The summed E-state index contributed by atoms with van der Waals surface area (Å²) in [5.41, 5.74) is 0.335. The van der Waals surface area contributed by atoms with Crippen LogP contribution in [-0.4, -0.2) is 46.5 Å². The second-order valence-corrected chi connectivity index (χ2v) is 7.46. The van der Waals surface area contributed by atoms with E-state index in [1.807, 2.05) is 0 Å². The number of hydrogen-bond acceptors (Lipinski definition) is 7. The van der Waals surface area contributed by atoms with E-state index in [4.69, 9.17) is 4.74 Å². The molecule has 0 aromatic heterocycles. The zero-order valence-corrected chi connectivity index (χ0v) is 16.6. The molecule has 0 aliphatic rings. The van der Waals surface area contributed by atoms with Crippen molar-refractivity contribution in [1.82, 2.24) is 4.72 Å². The maximum absolute atomic E-state index is 12.2. The number of methoxy groups -OCH3 is 1. The van der Waals surface area contributed by atoms with Crippen LogP contribution in [0.3, 0.4) is 0 Å². The Hall–Kier alpha value is -3.24. The lowest BCUT2D eigenvalue weighted by molar-refractivity contribution is -0.119. The Balaban J connectivity index is 2.03. The van der Waals surface area contributed by atoms with Gasteiger partial charge in [-0.15, -0.1) is 0 Å². The Bertz CT molecular complexity index is 1020. The van der Waals surface area contributed by atoms with Crippen molar-refractivity contribution in [2.24, 2.45) is 0 Å². The molecule has 9 nitrogen and oxygen atoms in total. The average Bonchev–Trinajstić information content (AvgIpc) is 2.72. The third-order valence-corrected chi connectivity index (χ3v) is 5.20. The highest BCUT2D eigenvalue weighted by Crippen LogP contribution is 2.16. The summed E-state index contributed by atoms with van der Waals surface area (Å²) in [6.45, 7) is 1.20. The molecule has 0 aliphatic heterocycles. The lowest BCUT2D eigenvalue weighted by atomic mass is 10.2. The van der Waals surface area contributed by atoms with E-state index in [1.54, 1.807) is 19.1 Å². The van der Waals surface area contributed by atoms with Crippen molar-refractivity contribution in [1.29, 1.82) is 0 Å². The predicted molar refractivity (Wildman–Crippen MR) is 104 cm³/mol. The number of carbonyl (C=O) groups is 3. The van der Waals surface area contributed by atoms with Crippen molar-refractivity contribution in [2.45, 2.75) is 11.8 Å². The summed E-state index contributed by atoms with van der Waals surface area (Å²) in [5.74, 6) is -2.17. The van der Waals surface area contributed by atoms with E-state index in [9.17, 15) is 22.8 Å². The minimum absolute atomic E-state index is 0.0215. The highest BCUT2D eigenvalue weighted by molar-refractivity contribution is 7.89. The van der Waals surface area contributed by atoms with Crippen molar-refractivity contribution in [3.8, 4) is 0 Å². The summed E-state index contributed by atoms with van der Waals surface area (Å²) in [6, 6.07) is 11.5. The second-order valence-electron chi connectivity index (χ2n) is 5.69. The number of hydrogen-bond donors (Lipinski definition) is 2. The predicted octanol–water partition coefficient (Wildman–Crippen LogP) is 1.57. The lowest BCUT2D eigenvalue weighted by Crippen LogP contribution is -2.24. The minimum Gasteiger partial charge on any atom is -0.465 e. The van der Waals surface area contributed by atoms with E-state index in [1.165, 1.54) is 37.4 Å². The molecule has 10 heteroatoms. The molecule has 0 saturated carbocycles. The molecular formula is C19H20N2O7S. The largest absolute Gasteiger partial charge is 0.465 e. The second kappa shape index (κ2) is 9.80. The van der Waals surface area contributed by atoms with Gasteiger partial charge in [0.15, 0.2) is 6.61 Å².